The van der Waals surface area contributed by atoms with Crippen LogP contribution in [0.4, 0.5) is 0 Å². The zero-order valence-electron chi connectivity index (χ0n) is 11.6. The number of aliphatic hydroxyl groups excluding tert-OH is 1. The van der Waals surface area contributed by atoms with Crippen molar-refractivity contribution in [3.63, 3.8) is 0 Å². The first kappa shape index (κ1) is 13.1. The van der Waals surface area contributed by atoms with Gasteiger partial charge in [0.2, 0.25) is 0 Å². The first-order chi connectivity index (χ1) is 9.34. The molecule has 104 valence electrons. The Morgan fingerprint density at radius 2 is 1.74 bits per heavy atom. The van der Waals surface area contributed by atoms with E-state index >= 15 is 0 Å². The van der Waals surface area contributed by atoms with Crippen molar-refractivity contribution in [2.45, 2.75) is 49.9 Å². The second-order valence-corrected chi connectivity index (χ2v) is 6.20. The SMILES string of the molecule is OCCC1(c2ccc(C3CCCCC3)cc2)COC1. The summed E-state index contributed by atoms with van der Waals surface area (Å²) >= 11 is 0. The van der Waals surface area contributed by atoms with Gasteiger partial charge in [0.1, 0.15) is 0 Å². The van der Waals surface area contributed by atoms with Gasteiger partial charge in [0.05, 0.1) is 13.2 Å². The smallest absolute Gasteiger partial charge is 0.0586 e. The average Bonchev–Trinajstić information content (AvgIpc) is 2.44. The number of rotatable bonds is 4. The highest BCUT2D eigenvalue weighted by Gasteiger charge is 2.39. The van der Waals surface area contributed by atoms with Crippen LogP contribution in [0, 0.1) is 0 Å². The Balaban J connectivity index is 1.74. The summed E-state index contributed by atoms with van der Waals surface area (Å²) in [4.78, 5) is 0. The van der Waals surface area contributed by atoms with Gasteiger partial charge in [-0.15, -0.1) is 0 Å². The highest BCUT2D eigenvalue weighted by atomic mass is 16.5. The number of benzene rings is 1. The predicted molar refractivity (Wildman–Crippen MR) is 76.5 cm³/mol. The van der Waals surface area contributed by atoms with Crippen molar-refractivity contribution in [1.29, 1.82) is 0 Å². The van der Waals surface area contributed by atoms with Crippen LogP contribution in [0.1, 0.15) is 55.6 Å². The summed E-state index contributed by atoms with van der Waals surface area (Å²) in [6.45, 7) is 1.76. The second kappa shape index (κ2) is 5.64. The summed E-state index contributed by atoms with van der Waals surface area (Å²) in [5.41, 5.74) is 2.93. The van der Waals surface area contributed by atoms with E-state index < -0.39 is 0 Å². The van der Waals surface area contributed by atoms with Crippen LogP contribution in [-0.4, -0.2) is 24.9 Å². The van der Waals surface area contributed by atoms with E-state index in [2.05, 4.69) is 24.3 Å². The lowest BCUT2D eigenvalue weighted by atomic mass is 9.75. The molecular weight excluding hydrogens is 236 g/mol. The van der Waals surface area contributed by atoms with E-state index in [0.717, 1.165) is 25.6 Å². The van der Waals surface area contributed by atoms with Crippen molar-refractivity contribution in [2.75, 3.05) is 19.8 Å². The molecule has 1 heterocycles. The van der Waals surface area contributed by atoms with Gasteiger partial charge in [0, 0.05) is 12.0 Å². The van der Waals surface area contributed by atoms with E-state index in [1.54, 1.807) is 0 Å². The quantitative estimate of drug-likeness (QED) is 0.899. The van der Waals surface area contributed by atoms with Gasteiger partial charge in [-0.3, -0.25) is 0 Å². The molecule has 0 spiro atoms. The van der Waals surface area contributed by atoms with Crippen LogP contribution < -0.4 is 0 Å². The lowest BCUT2D eigenvalue weighted by molar-refractivity contribution is -0.0701. The largest absolute Gasteiger partial charge is 0.396 e. The Labute approximate surface area is 115 Å². The van der Waals surface area contributed by atoms with E-state index in [9.17, 15) is 5.11 Å². The topological polar surface area (TPSA) is 29.5 Å². The van der Waals surface area contributed by atoms with Gasteiger partial charge < -0.3 is 9.84 Å². The van der Waals surface area contributed by atoms with Gasteiger partial charge in [-0.25, -0.2) is 0 Å². The van der Waals surface area contributed by atoms with Crippen LogP contribution in [0.5, 0.6) is 0 Å². The molecule has 1 aromatic carbocycles. The minimum absolute atomic E-state index is 0.0832. The maximum atomic E-state index is 9.23. The number of hydrogen-bond acceptors (Lipinski definition) is 2. The number of hydrogen-bond donors (Lipinski definition) is 1. The van der Waals surface area contributed by atoms with Crippen LogP contribution in [0.25, 0.3) is 0 Å². The Hall–Kier alpha value is -0.860. The first-order valence-corrected chi connectivity index (χ1v) is 7.63. The molecule has 2 heteroatoms. The van der Waals surface area contributed by atoms with Crippen molar-refractivity contribution in [1.82, 2.24) is 0 Å². The van der Waals surface area contributed by atoms with Gasteiger partial charge in [-0.1, -0.05) is 43.5 Å². The first-order valence-electron chi connectivity index (χ1n) is 7.63. The summed E-state index contributed by atoms with van der Waals surface area (Å²) in [5, 5.41) is 9.23. The molecule has 1 N–H and O–H groups in total. The molecule has 0 radical (unpaired) electrons. The molecular formula is C17H24O2. The Morgan fingerprint density at radius 1 is 1.05 bits per heavy atom. The molecule has 2 nitrogen and oxygen atoms in total. The van der Waals surface area contributed by atoms with Crippen molar-refractivity contribution in [3.8, 4) is 0 Å². The lowest BCUT2D eigenvalue weighted by Crippen LogP contribution is -2.47. The van der Waals surface area contributed by atoms with Crippen LogP contribution in [0.15, 0.2) is 24.3 Å². The molecule has 0 aromatic heterocycles. The molecule has 0 unspecified atom stereocenters. The standard InChI is InChI=1S/C17H24O2/c18-11-10-17(12-19-13-17)16-8-6-15(7-9-16)14-4-2-1-3-5-14/h6-9,14,18H,1-5,10-13H2. The van der Waals surface area contributed by atoms with E-state index in [0.29, 0.717) is 0 Å². The third kappa shape index (κ3) is 2.56. The van der Waals surface area contributed by atoms with Gasteiger partial charge in [-0.05, 0) is 36.3 Å². The zero-order valence-corrected chi connectivity index (χ0v) is 11.6. The second-order valence-electron chi connectivity index (χ2n) is 6.20. The maximum absolute atomic E-state index is 9.23. The molecule has 1 saturated heterocycles. The molecule has 19 heavy (non-hydrogen) atoms. The van der Waals surface area contributed by atoms with Gasteiger partial charge >= 0.3 is 0 Å². The van der Waals surface area contributed by atoms with Crippen LogP contribution in [0.2, 0.25) is 0 Å². The van der Waals surface area contributed by atoms with E-state index in [-0.39, 0.29) is 12.0 Å². The molecule has 1 saturated carbocycles. The van der Waals surface area contributed by atoms with Crippen molar-refractivity contribution in [2.24, 2.45) is 0 Å². The van der Waals surface area contributed by atoms with Gasteiger partial charge in [0.25, 0.3) is 0 Å². The molecule has 1 aliphatic carbocycles. The minimum atomic E-state index is 0.0832. The normalized spacial score (nSPS) is 23.0. The Kier molecular flexibility index (Phi) is 3.90. The van der Waals surface area contributed by atoms with E-state index in [1.807, 2.05) is 0 Å². The van der Waals surface area contributed by atoms with Crippen molar-refractivity contribution in [3.05, 3.63) is 35.4 Å². The molecule has 0 bridgehead atoms. The Bertz CT molecular complexity index is 400. The Morgan fingerprint density at radius 3 is 2.26 bits per heavy atom. The van der Waals surface area contributed by atoms with Gasteiger partial charge in [-0.2, -0.15) is 0 Å². The lowest BCUT2D eigenvalue weighted by Gasteiger charge is -2.42. The molecule has 1 aromatic rings. The summed E-state index contributed by atoms with van der Waals surface area (Å²) in [6, 6.07) is 9.15. The number of ether oxygens (including phenoxy) is 1. The summed E-state index contributed by atoms with van der Waals surface area (Å²) in [6.07, 6.45) is 7.69. The monoisotopic (exact) mass is 260 g/mol. The van der Waals surface area contributed by atoms with E-state index in [4.69, 9.17) is 4.74 Å². The maximum Gasteiger partial charge on any atom is 0.0586 e. The van der Waals surface area contributed by atoms with Crippen LogP contribution in [-0.2, 0) is 10.2 Å². The third-order valence-corrected chi connectivity index (χ3v) is 4.95. The molecule has 3 rings (SSSR count). The minimum Gasteiger partial charge on any atom is -0.396 e. The highest BCUT2D eigenvalue weighted by Crippen LogP contribution is 2.37. The van der Waals surface area contributed by atoms with Gasteiger partial charge in [0.15, 0.2) is 0 Å². The van der Waals surface area contributed by atoms with Crippen molar-refractivity contribution < 1.29 is 9.84 Å². The fourth-order valence-corrected chi connectivity index (χ4v) is 3.56. The number of aliphatic hydroxyl groups is 1. The van der Waals surface area contributed by atoms with E-state index in [1.165, 1.54) is 43.2 Å². The highest BCUT2D eigenvalue weighted by molar-refractivity contribution is 5.33. The average molecular weight is 260 g/mol. The van der Waals surface area contributed by atoms with Crippen LogP contribution in [0.3, 0.4) is 0 Å². The van der Waals surface area contributed by atoms with Crippen LogP contribution >= 0.6 is 0 Å². The molecule has 0 amide bonds. The fourth-order valence-electron chi connectivity index (χ4n) is 3.56. The summed E-state index contributed by atoms with van der Waals surface area (Å²) < 4.78 is 5.38. The molecule has 2 fully saturated rings. The zero-order chi connectivity index (χ0) is 13.1. The van der Waals surface area contributed by atoms with Crippen molar-refractivity contribution >= 4 is 0 Å². The predicted octanol–water partition coefficient (Wildman–Crippen LogP) is 3.38. The molecule has 0 atom stereocenters. The fraction of sp³-hybridized carbons (Fsp3) is 0.647. The molecule has 2 aliphatic rings. The molecule has 1 aliphatic heterocycles. The summed E-state index contributed by atoms with van der Waals surface area (Å²) in [5.74, 6) is 0.772. The summed E-state index contributed by atoms with van der Waals surface area (Å²) in [7, 11) is 0. The third-order valence-electron chi connectivity index (χ3n) is 4.95.